The number of anilines is 1. The standard InChI is InChI=1S/C20H19N5OS/c1-3-14-7-6-9-17-18(14)23-20(27-17)25(13-15-8-4-5-11-21-15)19(26)16-10-12-22-24(16)2/h4-12H,3,13H2,1-2H3. The topological polar surface area (TPSA) is 63.9 Å². The van der Waals surface area contributed by atoms with Crippen LogP contribution in [0.15, 0.2) is 54.9 Å². The molecule has 0 N–H and O–H groups in total. The molecule has 136 valence electrons. The second kappa shape index (κ2) is 7.28. The molecule has 0 fully saturated rings. The third-order valence-corrected chi connectivity index (χ3v) is 5.48. The first-order valence-corrected chi connectivity index (χ1v) is 9.57. The molecule has 0 aliphatic carbocycles. The summed E-state index contributed by atoms with van der Waals surface area (Å²) in [5.74, 6) is -0.141. The van der Waals surface area contributed by atoms with E-state index in [9.17, 15) is 4.79 Å². The summed E-state index contributed by atoms with van der Waals surface area (Å²) in [5, 5.41) is 4.80. The van der Waals surface area contributed by atoms with Crippen molar-refractivity contribution in [3.05, 3.63) is 71.8 Å². The fourth-order valence-electron chi connectivity index (χ4n) is 3.00. The van der Waals surface area contributed by atoms with Crippen LogP contribution in [-0.4, -0.2) is 25.7 Å². The Balaban J connectivity index is 1.80. The molecule has 0 saturated heterocycles. The summed E-state index contributed by atoms with van der Waals surface area (Å²) in [6, 6.07) is 13.6. The van der Waals surface area contributed by atoms with Crippen LogP contribution in [0.3, 0.4) is 0 Å². The Morgan fingerprint density at radius 2 is 2.04 bits per heavy atom. The fourth-order valence-corrected chi connectivity index (χ4v) is 4.01. The molecule has 7 heteroatoms. The van der Waals surface area contributed by atoms with E-state index in [1.54, 1.807) is 35.1 Å². The predicted octanol–water partition coefficient (Wildman–Crippen LogP) is 3.83. The number of carbonyl (C=O) groups is 1. The number of pyridine rings is 1. The molecular formula is C20H19N5OS. The SMILES string of the molecule is CCc1cccc2sc(N(Cc3ccccn3)C(=O)c3ccnn3C)nc12. The van der Waals surface area contributed by atoms with Crippen LogP contribution in [0.2, 0.25) is 0 Å². The van der Waals surface area contributed by atoms with E-state index in [4.69, 9.17) is 4.98 Å². The van der Waals surface area contributed by atoms with Crippen LogP contribution in [0.5, 0.6) is 0 Å². The molecule has 1 aromatic carbocycles. The smallest absolute Gasteiger partial charge is 0.277 e. The van der Waals surface area contributed by atoms with Gasteiger partial charge in [0, 0.05) is 19.4 Å². The molecule has 0 aliphatic rings. The highest BCUT2D eigenvalue weighted by Crippen LogP contribution is 2.32. The Hall–Kier alpha value is -3.06. The van der Waals surface area contributed by atoms with Gasteiger partial charge < -0.3 is 0 Å². The van der Waals surface area contributed by atoms with Crippen LogP contribution in [0.4, 0.5) is 5.13 Å². The van der Waals surface area contributed by atoms with Gasteiger partial charge in [0.15, 0.2) is 5.13 Å². The quantitative estimate of drug-likeness (QED) is 0.530. The Bertz CT molecular complexity index is 1090. The van der Waals surface area contributed by atoms with E-state index >= 15 is 0 Å². The van der Waals surface area contributed by atoms with Gasteiger partial charge in [-0.2, -0.15) is 5.10 Å². The molecule has 1 amide bonds. The minimum absolute atomic E-state index is 0.141. The minimum atomic E-state index is -0.141. The molecule has 4 aromatic rings. The highest BCUT2D eigenvalue weighted by Gasteiger charge is 2.24. The van der Waals surface area contributed by atoms with Gasteiger partial charge in [0.1, 0.15) is 5.69 Å². The fraction of sp³-hybridized carbons (Fsp3) is 0.200. The lowest BCUT2D eigenvalue weighted by Gasteiger charge is -2.19. The van der Waals surface area contributed by atoms with Crippen molar-refractivity contribution in [2.75, 3.05) is 4.90 Å². The van der Waals surface area contributed by atoms with Crippen molar-refractivity contribution < 1.29 is 4.79 Å². The van der Waals surface area contributed by atoms with Gasteiger partial charge in [0.25, 0.3) is 5.91 Å². The van der Waals surface area contributed by atoms with E-state index < -0.39 is 0 Å². The zero-order chi connectivity index (χ0) is 18.8. The van der Waals surface area contributed by atoms with E-state index in [1.165, 1.54) is 16.9 Å². The van der Waals surface area contributed by atoms with Crippen LogP contribution in [-0.2, 0) is 20.0 Å². The summed E-state index contributed by atoms with van der Waals surface area (Å²) < 4.78 is 2.66. The molecule has 4 rings (SSSR count). The van der Waals surface area contributed by atoms with Crippen LogP contribution < -0.4 is 4.90 Å². The normalized spacial score (nSPS) is 11.0. The lowest BCUT2D eigenvalue weighted by molar-refractivity contribution is 0.0975. The molecule has 3 heterocycles. The van der Waals surface area contributed by atoms with Gasteiger partial charge in [-0.15, -0.1) is 0 Å². The number of amides is 1. The number of benzene rings is 1. The van der Waals surface area contributed by atoms with Crippen LogP contribution >= 0.6 is 11.3 Å². The van der Waals surface area contributed by atoms with Crippen LogP contribution in [0.25, 0.3) is 10.2 Å². The lowest BCUT2D eigenvalue weighted by atomic mass is 10.1. The molecule has 3 aromatic heterocycles. The molecule has 0 spiro atoms. The molecule has 0 aliphatic heterocycles. The van der Waals surface area contributed by atoms with E-state index in [0.29, 0.717) is 17.4 Å². The van der Waals surface area contributed by atoms with Crippen molar-refractivity contribution in [3.8, 4) is 0 Å². The lowest BCUT2D eigenvalue weighted by Crippen LogP contribution is -2.32. The Morgan fingerprint density at radius 1 is 1.15 bits per heavy atom. The Kier molecular flexibility index (Phi) is 4.68. The molecule has 27 heavy (non-hydrogen) atoms. The first-order chi connectivity index (χ1) is 13.2. The molecule has 0 atom stereocenters. The van der Waals surface area contributed by atoms with Crippen molar-refractivity contribution in [1.82, 2.24) is 19.7 Å². The summed E-state index contributed by atoms with van der Waals surface area (Å²) in [6.45, 7) is 2.46. The first kappa shape index (κ1) is 17.4. The molecule has 6 nitrogen and oxygen atoms in total. The van der Waals surface area contributed by atoms with Gasteiger partial charge >= 0.3 is 0 Å². The number of rotatable bonds is 5. The highest BCUT2D eigenvalue weighted by atomic mass is 32.1. The first-order valence-electron chi connectivity index (χ1n) is 8.75. The van der Waals surface area contributed by atoms with E-state index in [-0.39, 0.29) is 5.91 Å². The van der Waals surface area contributed by atoms with Gasteiger partial charge in [-0.05, 0) is 36.2 Å². The monoisotopic (exact) mass is 377 g/mol. The number of para-hydroxylation sites is 1. The highest BCUT2D eigenvalue weighted by molar-refractivity contribution is 7.22. The molecule has 0 unspecified atom stereocenters. The number of thiazole rings is 1. The van der Waals surface area contributed by atoms with Gasteiger partial charge in [-0.1, -0.05) is 36.5 Å². The second-order valence-corrected chi connectivity index (χ2v) is 7.18. The summed E-state index contributed by atoms with van der Waals surface area (Å²) in [5.41, 5.74) is 3.47. The number of hydrogen-bond donors (Lipinski definition) is 0. The van der Waals surface area contributed by atoms with E-state index in [2.05, 4.69) is 23.1 Å². The van der Waals surface area contributed by atoms with Gasteiger partial charge in [-0.3, -0.25) is 19.4 Å². The minimum Gasteiger partial charge on any atom is -0.277 e. The third-order valence-electron chi connectivity index (χ3n) is 4.43. The zero-order valence-electron chi connectivity index (χ0n) is 15.2. The molecule has 0 radical (unpaired) electrons. The summed E-state index contributed by atoms with van der Waals surface area (Å²) in [4.78, 5) is 24.1. The van der Waals surface area contributed by atoms with Crippen molar-refractivity contribution >= 4 is 32.6 Å². The number of hydrogen-bond acceptors (Lipinski definition) is 5. The number of aromatic nitrogens is 4. The molecular weight excluding hydrogens is 358 g/mol. The number of nitrogens with zero attached hydrogens (tertiary/aromatic N) is 5. The van der Waals surface area contributed by atoms with Gasteiger partial charge in [0.05, 0.1) is 22.5 Å². The van der Waals surface area contributed by atoms with Crippen molar-refractivity contribution in [2.45, 2.75) is 19.9 Å². The maximum Gasteiger partial charge on any atom is 0.278 e. The van der Waals surface area contributed by atoms with Crippen LogP contribution in [0, 0.1) is 0 Å². The average molecular weight is 377 g/mol. The van der Waals surface area contributed by atoms with Crippen molar-refractivity contribution in [1.29, 1.82) is 0 Å². The summed E-state index contributed by atoms with van der Waals surface area (Å²) in [6.07, 6.45) is 4.26. The van der Waals surface area contributed by atoms with Gasteiger partial charge in [0.2, 0.25) is 0 Å². The Labute approximate surface area is 161 Å². The van der Waals surface area contributed by atoms with Crippen molar-refractivity contribution in [3.63, 3.8) is 0 Å². The maximum absolute atomic E-state index is 13.3. The number of aryl methyl sites for hydroxylation is 2. The number of carbonyl (C=O) groups excluding carboxylic acids is 1. The maximum atomic E-state index is 13.3. The van der Waals surface area contributed by atoms with Gasteiger partial charge in [-0.25, -0.2) is 4.98 Å². The summed E-state index contributed by atoms with van der Waals surface area (Å²) in [7, 11) is 1.76. The third kappa shape index (κ3) is 3.33. The molecule has 0 saturated carbocycles. The Morgan fingerprint density at radius 3 is 2.74 bits per heavy atom. The van der Waals surface area contributed by atoms with Crippen molar-refractivity contribution in [2.24, 2.45) is 7.05 Å². The number of fused-ring (bicyclic) bond motifs is 1. The molecule has 0 bridgehead atoms. The van der Waals surface area contributed by atoms with Crippen LogP contribution in [0.1, 0.15) is 28.7 Å². The predicted molar refractivity (Wildman–Crippen MR) is 107 cm³/mol. The zero-order valence-corrected chi connectivity index (χ0v) is 16.0. The van der Waals surface area contributed by atoms with E-state index in [1.807, 2.05) is 30.3 Å². The average Bonchev–Trinajstić information content (AvgIpc) is 3.32. The van der Waals surface area contributed by atoms with E-state index in [0.717, 1.165) is 22.3 Å². The summed E-state index contributed by atoms with van der Waals surface area (Å²) >= 11 is 1.52. The second-order valence-electron chi connectivity index (χ2n) is 6.17. The largest absolute Gasteiger partial charge is 0.278 e.